The molecule has 0 amide bonds. The summed E-state index contributed by atoms with van der Waals surface area (Å²) in [6, 6.07) is 5.34. The van der Waals surface area contributed by atoms with Crippen LogP contribution in [0.2, 0.25) is 0 Å². The van der Waals surface area contributed by atoms with Gasteiger partial charge in [-0.1, -0.05) is 13.0 Å². The first-order valence-electron chi connectivity index (χ1n) is 7.67. The van der Waals surface area contributed by atoms with Gasteiger partial charge in [0.05, 0.1) is 5.60 Å². The molecule has 1 aliphatic rings. The Hall–Kier alpha value is -0.930. The minimum atomic E-state index is -0.161. The number of hydrogen-bond acceptors (Lipinski definition) is 2. The summed E-state index contributed by atoms with van der Waals surface area (Å²) in [6.45, 7) is 8.07. The zero-order valence-corrected chi connectivity index (χ0v) is 12.8. The van der Waals surface area contributed by atoms with Gasteiger partial charge in [0, 0.05) is 12.6 Å². The van der Waals surface area contributed by atoms with Gasteiger partial charge >= 0.3 is 0 Å². The van der Waals surface area contributed by atoms with Gasteiger partial charge < -0.3 is 10.1 Å². The summed E-state index contributed by atoms with van der Waals surface area (Å²) in [5.41, 5.74) is 2.11. The van der Waals surface area contributed by atoms with Crippen molar-refractivity contribution in [3.63, 3.8) is 0 Å². The predicted octanol–water partition coefficient (Wildman–Crippen LogP) is 3.61. The van der Waals surface area contributed by atoms with Gasteiger partial charge in [0.15, 0.2) is 0 Å². The number of halogens is 1. The van der Waals surface area contributed by atoms with E-state index in [1.165, 1.54) is 12.0 Å². The molecular weight excluding hydrogens is 253 g/mol. The molecular formula is C17H26FNO. The molecule has 1 N–H and O–H groups in total. The molecule has 1 aromatic rings. The van der Waals surface area contributed by atoms with Crippen LogP contribution in [-0.2, 0) is 11.2 Å². The molecule has 0 aliphatic carbocycles. The highest BCUT2D eigenvalue weighted by Gasteiger charge is 2.36. The van der Waals surface area contributed by atoms with Crippen molar-refractivity contribution in [1.82, 2.24) is 5.32 Å². The summed E-state index contributed by atoms with van der Waals surface area (Å²) in [4.78, 5) is 0. The molecule has 20 heavy (non-hydrogen) atoms. The van der Waals surface area contributed by atoms with Crippen molar-refractivity contribution in [3.8, 4) is 0 Å². The second kappa shape index (κ2) is 6.68. The molecule has 0 radical (unpaired) electrons. The Labute approximate surface area is 121 Å². The van der Waals surface area contributed by atoms with Gasteiger partial charge in [-0.3, -0.25) is 0 Å². The van der Waals surface area contributed by atoms with Gasteiger partial charge in [0.25, 0.3) is 0 Å². The maximum Gasteiger partial charge on any atom is 0.123 e. The fourth-order valence-electron chi connectivity index (χ4n) is 3.09. The third-order valence-corrected chi connectivity index (χ3v) is 4.42. The Morgan fingerprint density at radius 2 is 2.20 bits per heavy atom. The summed E-state index contributed by atoms with van der Waals surface area (Å²) in [5.74, 6) is -0.161. The second-order valence-electron chi connectivity index (χ2n) is 6.00. The third kappa shape index (κ3) is 3.58. The molecule has 2 atom stereocenters. The Morgan fingerprint density at radius 1 is 1.40 bits per heavy atom. The largest absolute Gasteiger partial charge is 0.374 e. The first-order chi connectivity index (χ1) is 9.55. The van der Waals surface area contributed by atoms with Crippen LogP contribution in [0.4, 0.5) is 4.39 Å². The van der Waals surface area contributed by atoms with Crippen molar-refractivity contribution in [2.24, 2.45) is 0 Å². The predicted molar refractivity (Wildman–Crippen MR) is 80.5 cm³/mol. The molecule has 2 unspecified atom stereocenters. The van der Waals surface area contributed by atoms with E-state index in [4.69, 9.17) is 4.74 Å². The smallest absolute Gasteiger partial charge is 0.123 e. The van der Waals surface area contributed by atoms with Crippen molar-refractivity contribution in [2.45, 2.75) is 58.1 Å². The number of aryl methyl sites for hydroxylation is 1. The number of benzene rings is 1. The Morgan fingerprint density at radius 3 is 2.80 bits per heavy atom. The van der Waals surface area contributed by atoms with Crippen molar-refractivity contribution >= 4 is 0 Å². The van der Waals surface area contributed by atoms with Crippen molar-refractivity contribution in [2.75, 3.05) is 13.2 Å². The number of rotatable bonds is 5. The minimum Gasteiger partial charge on any atom is -0.374 e. The topological polar surface area (TPSA) is 21.3 Å². The van der Waals surface area contributed by atoms with E-state index in [0.717, 1.165) is 38.0 Å². The highest BCUT2D eigenvalue weighted by molar-refractivity contribution is 5.28. The number of ether oxygens (including phenoxy) is 1. The third-order valence-electron chi connectivity index (χ3n) is 4.42. The zero-order valence-electron chi connectivity index (χ0n) is 12.8. The normalized spacial score (nSPS) is 24.6. The van der Waals surface area contributed by atoms with Crippen LogP contribution < -0.4 is 5.32 Å². The fourth-order valence-corrected chi connectivity index (χ4v) is 3.09. The number of hydrogen-bond donors (Lipinski definition) is 1. The van der Waals surface area contributed by atoms with Gasteiger partial charge in [0.1, 0.15) is 5.82 Å². The van der Waals surface area contributed by atoms with E-state index in [1.807, 2.05) is 13.0 Å². The van der Waals surface area contributed by atoms with E-state index in [-0.39, 0.29) is 17.5 Å². The summed E-state index contributed by atoms with van der Waals surface area (Å²) in [5, 5.41) is 3.56. The molecule has 0 bridgehead atoms. The molecule has 2 nitrogen and oxygen atoms in total. The Balaban J connectivity index is 2.16. The van der Waals surface area contributed by atoms with E-state index in [1.54, 1.807) is 12.1 Å². The Bertz CT molecular complexity index is 441. The first-order valence-corrected chi connectivity index (χ1v) is 7.67. The highest BCUT2D eigenvalue weighted by atomic mass is 19.1. The minimum absolute atomic E-state index is 0.116. The van der Waals surface area contributed by atoms with Gasteiger partial charge in [-0.2, -0.15) is 0 Å². The number of likely N-dealkylation sites (N-methyl/N-ethyl adjacent to an activating group) is 1. The van der Waals surface area contributed by atoms with Gasteiger partial charge in [-0.05, 0) is 69.3 Å². The Kier molecular flexibility index (Phi) is 5.17. The van der Waals surface area contributed by atoms with Gasteiger partial charge in [-0.25, -0.2) is 4.39 Å². The van der Waals surface area contributed by atoms with E-state index in [9.17, 15) is 4.39 Å². The van der Waals surface area contributed by atoms with Crippen LogP contribution in [0.1, 0.15) is 44.2 Å². The van der Waals surface area contributed by atoms with E-state index in [0.29, 0.717) is 0 Å². The molecule has 112 valence electrons. The van der Waals surface area contributed by atoms with E-state index in [2.05, 4.69) is 19.2 Å². The van der Waals surface area contributed by atoms with E-state index >= 15 is 0 Å². The average Bonchev–Trinajstić information content (AvgIpc) is 2.42. The maximum absolute atomic E-state index is 13.2. The molecule has 1 aliphatic heterocycles. The van der Waals surface area contributed by atoms with Crippen molar-refractivity contribution in [3.05, 3.63) is 35.1 Å². The quantitative estimate of drug-likeness (QED) is 0.889. The summed E-state index contributed by atoms with van der Waals surface area (Å²) >= 11 is 0. The lowest BCUT2D eigenvalue weighted by molar-refractivity contribution is -0.0881. The van der Waals surface area contributed by atoms with Crippen LogP contribution in [0.3, 0.4) is 0 Å². The summed E-state index contributed by atoms with van der Waals surface area (Å²) in [6.07, 6.45) is 4.35. The molecule has 1 heterocycles. The molecule has 1 aromatic carbocycles. The van der Waals surface area contributed by atoms with Crippen LogP contribution in [-0.4, -0.2) is 24.8 Å². The average molecular weight is 279 g/mol. The molecule has 1 saturated heterocycles. The van der Waals surface area contributed by atoms with Crippen LogP contribution in [0.25, 0.3) is 0 Å². The second-order valence-corrected chi connectivity index (χ2v) is 6.00. The molecule has 0 saturated carbocycles. The van der Waals surface area contributed by atoms with E-state index < -0.39 is 0 Å². The molecule has 0 aromatic heterocycles. The van der Waals surface area contributed by atoms with Crippen LogP contribution in [0.15, 0.2) is 18.2 Å². The summed E-state index contributed by atoms with van der Waals surface area (Å²) in [7, 11) is 0. The van der Waals surface area contributed by atoms with Crippen LogP contribution in [0.5, 0.6) is 0 Å². The SMILES string of the molecule is CCNC(Cc1ccc(F)cc1C)C1(C)CCCCO1. The van der Waals surface area contributed by atoms with Crippen molar-refractivity contribution < 1.29 is 9.13 Å². The lowest BCUT2D eigenvalue weighted by Gasteiger charge is -2.41. The van der Waals surface area contributed by atoms with Gasteiger partial charge in [0.2, 0.25) is 0 Å². The molecule has 3 heteroatoms. The zero-order chi connectivity index (χ0) is 14.6. The maximum atomic E-state index is 13.2. The monoisotopic (exact) mass is 279 g/mol. The molecule has 1 fully saturated rings. The first kappa shape index (κ1) is 15.5. The number of nitrogens with one attached hydrogen (secondary N) is 1. The highest BCUT2D eigenvalue weighted by Crippen LogP contribution is 2.30. The molecule has 0 spiro atoms. The standard InChI is InChI=1S/C17H26FNO/c1-4-19-16(17(3)9-5-6-10-20-17)12-14-7-8-15(18)11-13(14)2/h7-8,11,16,19H,4-6,9-10,12H2,1-3H3. The van der Waals surface area contributed by atoms with Crippen LogP contribution in [0, 0.1) is 12.7 Å². The van der Waals surface area contributed by atoms with Crippen molar-refractivity contribution in [1.29, 1.82) is 0 Å². The summed E-state index contributed by atoms with van der Waals surface area (Å²) < 4.78 is 19.3. The lowest BCUT2D eigenvalue weighted by atomic mass is 9.84. The fraction of sp³-hybridized carbons (Fsp3) is 0.647. The lowest BCUT2D eigenvalue weighted by Crippen LogP contribution is -2.53. The van der Waals surface area contributed by atoms with Gasteiger partial charge in [-0.15, -0.1) is 0 Å². The van der Waals surface area contributed by atoms with Crippen LogP contribution >= 0.6 is 0 Å². The molecule has 2 rings (SSSR count).